The van der Waals surface area contributed by atoms with Gasteiger partial charge in [0, 0.05) is 0 Å². The van der Waals surface area contributed by atoms with Crippen molar-refractivity contribution in [3.05, 3.63) is 35.4 Å². The Labute approximate surface area is 145 Å². The third-order valence-corrected chi connectivity index (χ3v) is 5.65. The van der Waals surface area contributed by atoms with Gasteiger partial charge in [-0.25, -0.2) is 0 Å². The molecule has 0 heterocycles. The van der Waals surface area contributed by atoms with Crippen molar-refractivity contribution in [1.82, 2.24) is 0 Å². The van der Waals surface area contributed by atoms with Gasteiger partial charge in [-0.15, -0.1) is 0 Å². The topological polar surface area (TPSA) is 0 Å². The van der Waals surface area contributed by atoms with Crippen LogP contribution in [0.15, 0.2) is 24.3 Å². The van der Waals surface area contributed by atoms with Crippen LogP contribution in [0.4, 0.5) is 0 Å². The van der Waals surface area contributed by atoms with Gasteiger partial charge in [0.1, 0.15) is 0 Å². The summed E-state index contributed by atoms with van der Waals surface area (Å²) in [6.07, 6.45) is 21.5. The van der Waals surface area contributed by atoms with E-state index in [1.807, 2.05) is 0 Å². The SMILES string of the molecule is CCCCCCCCCCCCCC1CCCc2ccccc21. The lowest BCUT2D eigenvalue weighted by Crippen LogP contribution is -2.09. The Kier molecular flexibility index (Phi) is 9.45. The normalized spacial score (nSPS) is 17.2. The lowest BCUT2D eigenvalue weighted by Gasteiger charge is -2.25. The molecule has 0 heteroatoms. The average Bonchev–Trinajstić information content (AvgIpc) is 2.60. The molecule has 0 fully saturated rings. The van der Waals surface area contributed by atoms with Crippen LogP contribution in [0.3, 0.4) is 0 Å². The van der Waals surface area contributed by atoms with E-state index in [4.69, 9.17) is 0 Å². The van der Waals surface area contributed by atoms with E-state index in [9.17, 15) is 0 Å². The largest absolute Gasteiger partial charge is 0.0654 e. The molecule has 1 unspecified atom stereocenters. The van der Waals surface area contributed by atoms with Gasteiger partial charge in [-0.1, -0.05) is 102 Å². The predicted molar refractivity (Wildman–Crippen MR) is 103 cm³/mol. The minimum absolute atomic E-state index is 0.860. The standard InChI is InChI=1S/C23H38/c1-2-3-4-5-6-7-8-9-10-11-12-16-21-18-15-19-22-17-13-14-20-23(21)22/h13-14,17,20-21H,2-12,15-16,18-19H2,1H3. The molecule has 1 aromatic rings. The molecule has 0 aliphatic heterocycles. The van der Waals surface area contributed by atoms with Crippen molar-refractivity contribution in [3.8, 4) is 0 Å². The van der Waals surface area contributed by atoms with Gasteiger partial charge in [0.15, 0.2) is 0 Å². The zero-order valence-electron chi connectivity index (χ0n) is 15.5. The molecule has 0 amide bonds. The van der Waals surface area contributed by atoms with E-state index in [2.05, 4.69) is 31.2 Å². The molecule has 1 aliphatic rings. The first-order chi connectivity index (χ1) is 11.4. The van der Waals surface area contributed by atoms with Gasteiger partial charge in [0.05, 0.1) is 0 Å². The molecule has 0 saturated heterocycles. The molecule has 0 nitrogen and oxygen atoms in total. The fraction of sp³-hybridized carbons (Fsp3) is 0.739. The zero-order valence-corrected chi connectivity index (χ0v) is 15.5. The van der Waals surface area contributed by atoms with E-state index in [0.29, 0.717) is 0 Å². The fourth-order valence-electron chi connectivity index (χ4n) is 4.21. The summed E-state index contributed by atoms with van der Waals surface area (Å²) in [6, 6.07) is 9.18. The van der Waals surface area contributed by atoms with Gasteiger partial charge in [0.2, 0.25) is 0 Å². The second-order valence-electron chi connectivity index (χ2n) is 7.61. The highest BCUT2D eigenvalue weighted by Gasteiger charge is 2.18. The Morgan fingerprint density at radius 2 is 1.39 bits per heavy atom. The van der Waals surface area contributed by atoms with Crippen molar-refractivity contribution in [3.63, 3.8) is 0 Å². The highest BCUT2D eigenvalue weighted by molar-refractivity contribution is 5.32. The van der Waals surface area contributed by atoms with Crippen LogP contribution in [0.5, 0.6) is 0 Å². The van der Waals surface area contributed by atoms with Crippen LogP contribution in [-0.4, -0.2) is 0 Å². The second-order valence-corrected chi connectivity index (χ2v) is 7.61. The maximum Gasteiger partial charge on any atom is -0.0159 e. The number of hydrogen-bond donors (Lipinski definition) is 0. The van der Waals surface area contributed by atoms with Gasteiger partial charge in [-0.05, 0) is 42.7 Å². The number of hydrogen-bond acceptors (Lipinski definition) is 0. The minimum Gasteiger partial charge on any atom is -0.0654 e. The third kappa shape index (κ3) is 7.10. The Morgan fingerprint density at radius 3 is 2.09 bits per heavy atom. The van der Waals surface area contributed by atoms with Crippen LogP contribution in [-0.2, 0) is 6.42 Å². The highest BCUT2D eigenvalue weighted by Crippen LogP contribution is 2.35. The van der Waals surface area contributed by atoms with Gasteiger partial charge >= 0.3 is 0 Å². The summed E-state index contributed by atoms with van der Waals surface area (Å²) in [4.78, 5) is 0. The van der Waals surface area contributed by atoms with Crippen LogP contribution < -0.4 is 0 Å². The third-order valence-electron chi connectivity index (χ3n) is 5.65. The summed E-state index contributed by atoms with van der Waals surface area (Å²) in [6.45, 7) is 2.30. The molecule has 130 valence electrons. The molecule has 0 spiro atoms. The number of aryl methyl sites for hydroxylation is 1. The summed E-state index contributed by atoms with van der Waals surface area (Å²) in [5.74, 6) is 0.860. The van der Waals surface area contributed by atoms with E-state index in [1.165, 1.54) is 96.3 Å². The molecule has 0 aromatic heterocycles. The molecule has 2 rings (SSSR count). The Morgan fingerprint density at radius 1 is 0.783 bits per heavy atom. The van der Waals surface area contributed by atoms with Crippen LogP contribution in [0, 0.1) is 0 Å². The molecular formula is C23H38. The molecule has 0 saturated carbocycles. The molecule has 0 radical (unpaired) electrons. The maximum absolute atomic E-state index is 2.39. The van der Waals surface area contributed by atoms with Crippen LogP contribution in [0.1, 0.15) is 114 Å². The Hall–Kier alpha value is -0.780. The summed E-state index contributed by atoms with van der Waals surface area (Å²) in [5, 5.41) is 0. The van der Waals surface area contributed by atoms with Crippen molar-refractivity contribution in [2.45, 2.75) is 109 Å². The van der Waals surface area contributed by atoms with Crippen molar-refractivity contribution < 1.29 is 0 Å². The monoisotopic (exact) mass is 314 g/mol. The summed E-state index contributed by atoms with van der Waals surface area (Å²) in [7, 11) is 0. The summed E-state index contributed by atoms with van der Waals surface area (Å²) < 4.78 is 0. The van der Waals surface area contributed by atoms with Crippen LogP contribution in [0.25, 0.3) is 0 Å². The van der Waals surface area contributed by atoms with Gasteiger partial charge < -0.3 is 0 Å². The minimum atomic E-state index is 0.860. The van der Waals surface area contributed by atoms with Crippen LogP contribution >= 0.6 is 0 Å². The molecule has 1 aliphatic carbocycles. The van der Waals surface area contributed by atoms with E-state index in [0.717, 1.165) is 5.92 Å². The van der Waals surface area contributed by atoms with Crippen molar-refractivity contribution >= 4 is 0 Å². The number of benzene rings is 1. The first-order valence-electron chi connectivity index (χ1n) is 10.5. The van der Waals surface area contributed by atoms with Gasteiger partial charge in [-0.3, -0.25) is 0 Å². The Balaban J connectivity index is 1.47. The second kappa shape index (κ2) is 11.7. The van der Waals surface area contributed by atoms with Gasteiger partial charge in [-0.2, -0.15) is 0 Å². The molecule has 0 N–H and O–H groups in total. The Bertz CT molecular complexity index is 406. The predicted octanol–water partition coefficient (Wildman–Crippen LogP) is 7.81. The molecule has 0 bridgehead atoms. The van der Waals surface area contributed by atoms with E-state index in [-0.39, 0.29) is 0 Å². The smallest absolute Gasteiger partial charge is 0.0159 e. The zero-order chi connectivity index (χ0) is 16.2. The van der Waals surface area contributed by atoms with Crippen molar-refractivity contribution in [2.24, 2.45) is 0 Å². The number of unbranched alkanes of at least 4 members (excludes halogenated alkanes) is 10. The fourth-order valence-corrected chi connectivity index (χ4v) is 4.21. The molecule has 23 heavy (non-hydrogen) atoms. The average molecular weight is 315 g/mol. The molecule has 1 aromatic carbocycles. The maximum atomic E-state index is 2.39. The summed E-state index contributed by atoms with van der Waals surface area (Å²) >= 11 is 0. The highest BCUT2D eigenvalue weighted by atomic mass is 14.2. The van der Waals surface area contributed by atoms with E-state index >= 15 is 0 Å². The first kappa shape index (κ1) is 18.6. The van der Waals surface area contributed by atoms with Crippen LogP contribution in [0.2, 0.25) is 0 Å². The van der Waals surface area contributed by atoms with Crippen molar-refractivity contribution in [1.29, 1.82) is 0 Å². The molecule has 1 atom stereocenters. The molecular weight excluding hydrogens is 276 g/mol. The number of rotatable bonds is 12. The van der Waals surface area contributed by atoms with E-state index < -0.39 is 0 Å². The van der Waals surface area contributed by atoms with Gasteiger partial charge in [0.25, 0.3) is 0 Å². The van der Waals surface area contributed by atoms with Crippen molar-refractivity contribution in [2.75, 3.05) is 0 Å². The quantitative estimate of drug-likeness (QED) is 0.345. The lowest BCUT2D eigenvalue weighted by atomic mass is 9.80. The number of fused-ring (bicyclic) bond motifs is 1. The van der Waals surface area contributed by atoms with E-state index in [1.54, 1.807) is 11.1 Å². The lowest BCUT2D eigenvalue weighted by molar-refractivity contribution is 0.480. The summed E-state index contributed by atoms with van der Waals surface area (Å²) in [5.41, 5.74) is 3.30. The first-order valence-corrected chi connectivity index (χ1v) is 10.5.